The van der Waals surface area contributed by atoms with Crippen LogP contribution in [0.5, 0.6) is 5.75 Å². The van der Waals surface area contributed by atoms with E-state index in [9.17, 15) is 9.59 Å². The fourth-order valence-electron chi connectivity index (χ4n) is 3.34. The fourth-order valence-corrected chi connectivity index (χ4v) is 3.34. The largest absolute Gasteiger partial charge is 0.497 e. The van der Waals surface area contributed by atoms with Crippen molar-refractivity contribution in [3.8, 4) is 5.75 Å². The molecular formula is C21H29N3O4. The molecule has 7 nitrogen and oxygen atoms in total. The summed E-state index contributed by atoms with van der Waals surface area (Å²) in [4.78, 5) is 28.2. The number of carbonyl (C=O) groups is 2. The first kappa shape index (κ1) is 20.0. The van der Waals surface area contributed by atoms with Gasteiger partial charge in [0.1, 0.15) is 11.4 Å². The van der Waals surface area contributed by atoms with E-state index in [0.29, 0.717) is 39.1 Å². The zero-order chi connectivity index (χ0) is 20.3. The van der Waals surface area contributed by atoms with Crippen LogP contribution in [0, 0.1) is 0 Å². The predicted octanol–water partition coefficient (Wildman–Crippen LogP) is 3.12. The summed E-state index contributed by atoms with van der Waals surface area (Å²) in [7, 11) is 1.65. The maximum absolute atomic E-state index is 12.6. The number of hydrogen-bond acceptors (Lipinski definition) is 4. The molecule has 7 heteroatoms. The van der Waals surface area contributed by atoms with Gasteiger partial charge in [-0.05, 0) is 45.0 Å². The lowest BCUT2D eigenvalue weighted by molar-refractivity contribution is -0.133. The van der Waals surface area contributed by atoms with Crippen LogP contribution in [0.25, 0.3) is 10.9 Å². The molecule has 0 saturated carbocycles. The summed E-state index contributed by atoms with van der Waals surface area (Å²) in [5.41, 5.74) is 0.580. The highest BCUT2D eigenvalue weighted by Gasteiger charge is 2.27. The van der Waals surface area contributed by atoms with Gasteiger partial charge in [-0.2, -0.15) is 0 Å². The first-order chi connectivity index (χ1) is 13.3. The lowest BCUT2D eigenvalue weighted by Gasteiger charge is -2.35. The zero-order valence-corrected chi connectivity index (χ0v) is 17.1. The molecule has 2 heterocycles. The van der Waals surface area contributed by atoms with Gasteiger partial charge in [-0.3, -0.25) is 4.79 Å². The third-order valence-corrected chi connectivity index (χ3v) is 4.83. The van der Waals surface area contributed by atoms with Crippen LogP contribution < -0.4 is 4.74 Å². The Morgan fingerprint density at radius 1 is 1.04 bits per heavy atom. The molecule has 1 aromatic heterocycles. The van der Waals surface area contributed by atoms with E-state index in [4.69, 9.17) is 9.47 Å². The number of ether oxygens (including phenoxy) is 2. The van der Waals surface area contributed by atoms with Crippen LogP contribution in [0.4, 0.5) is 4.79 Å². The van der Waals surface area contributed by atoms with E-state index in [1.165, 1.54) is 0 Å². The summed E-state index contributed by atoms with van der Waals surface area (Å²) in [6, 6.07) is 7.96. The van der Waals surface area contributed by atoms with Crippen LogP contribution in [0.3, 0.4) is 0 Å². The van der Waals surface area contributed by atoms with Gasteiger partial charge >= 0.3 is 6.09 Å². The van der Waals surface area contributed by atoms with Crippen molar-refractivity contribution in [3.05, 3.63) is 30.5 Å². The number of fused-ring (bicyclic) bond motifs is 1. The second-order valence-electron chi connectivity index (χ2n) is 8.03. The molecule has 0 radical (unpaired) electrons. The molecule has 0 unspecified atom stereocenters. The first-order valence-electron chi connectivity index (χ1n) is 9.65. The summed E-state index contributed by atoms with van der Waals surface area (Å²) in [6.45, 7) is 8.28. The Morgan fingerprint density at radius 3 is 2.36 bits per heavy atom. The molecule has 2 aromatic rings. The number of carbonyl (C=O) groups excluding carboxylic acids is 2. The van der Waals surface area contributed by atoms with Gasteiger partial charge in [-0.15, -0.1) is 0 Å². The highest BCUT2D eigenvalue weighted by Crippen LogP contribution is 2.22. The SMILES string of the molecule is COc1ccc2c(ccn2CCC(=O)N2CCN(C(=O)OC(C)(C)C)CC2)c1. The van der Waals surface area contributed by atoms with E-state index >= 15 is 0 Å². The number of rotatable bonds is 4. The summed E-state index contributed by atoms with van der Waals surface area (Å²) in [5.74, 6) is 0.934. The molecule has 0 N–H and O–H groups in total. The van der Waals surface area contributed by atoms with Crippen molar-refractivity contribution < 1.29 is 19.1 Å². The van der Waals surface area contributed by atoms with Gasteiger partial charge in [0.05, 0.1) is 7.11 Å². The van der Waals surface area contributed by atoms with Gasteiger partial charge in [0.2, 0.25) is 5.91 Å². The van der Waals surface area contributed by atoms with Crippen molar-refractivity contribution >= 4 is 22.9 Å². The monoisotopic (exact) mass is 387 g/mol. The molecule has 0 aliphatic carbocycles. The molecule has 3 rings (SSSR count). The fraction of sp³-hybridized carbons (Fsp3) is 0.524. The molecule has 1 aliphatic rings. The Bertz CT molecular complexity index is 845. The van der Waals surface area contributed by atoms with E-state index in [2.05, 4.69) is 4.57 Å². The van der Waals surface area contributed by atoms with Crippen LogP contribution in [0.2, 0.25) is 0 Å². The number of aromatic nitrogens is 1. The average Bonchev–Trinajstić information content (AvgIpc) is 3.07. The van der Waals surface area contributed by atoms with Crippen LogP contribution in [0.15, 0.2) is 30.5 Å². The Labute approximate surface area is 165 Å². The first-order valence-corrected chi connectivity index (χ1v) is 9.65. The Kier molecular flexibility index (Phi) is 5.82. The minimum atomic E-state index is -0.506. The van der Waals surface area contributed by atoms with E-state index in [-0.39, 0.29) is 12.0 Å². The van der Waals surface area contributed by atoms with Gasteiger partial charge < -0.3 is 23.8 Å². The predicted molar refractivity (Wildman–Crippen MR) is 107 cm³/mol. The average molecular weight is 387 g/mol. The molecule has 1 fully saturated rings. The maximum atomic E-state index is 12.6. The molecule has 0 spiro atoms. The van der Waals surface area contributed by atoms with Gasteiger partial charge in [-0.1, -0.05) is 0 Å². The molecule has 2 amide bonds. The quantitative estimate of drug-likeness (QED) is 0.809. The Balaban J connectivity index is 1.51. The second kappa shape index (κ2) is 8.12. The highest BCUT2D eigenvalue weighted by molar-refractivity contribution is 5.82. The van der Waals surface area contributed by atoms with Crippen molar-refractivity contribution in [2.45, 2.75) is 39.3 Å². The van der Waals surface area contributed by atoms with Crippen LogP contribution >= 0.6 is 0 Å². The van der Waals surface area contributed by atoms with Crippen molar-refractivity contribution in [2.24, 2.45) is 0 Å². The Morgan fingerprint density at radius 2 is 1.71 bits per heavy atom. The Hall–Kier alpha value is -2.70. The van der Waals surface area contributed by atoms with Gasteiger partial charge in [-0.25, -0.2) is 4.79 Å². The van der Waals surface area contributed by atoms with E-state index in [1.54, 1.807) is 12.0 Å². The summed E-state index contributed by atoms with van der Waals surface area (Å²) < 4.78 is 12.7. The topological polar surface area (TPSA) is 64.0 Å². The molecule has 28 heavy (non-hydrogen) atoms. The second-order valence-corrected chi connectivity index (χ2v) is 8.03. The number of hydrogen-bond donors (Lipinski definition) is 0. The van der Waals surface area contributed by atoms with Crippen molar-refractivity contribution in [1.82, 2.24) is 14.4 Å². The van der Waals surface area contributed by atoms with Gasteiger partial charge in [0, 0.05) is 56.2 Å². The molecule has 1 aromatic carbocycles. The molecule has 1 saturated heterocycles. The van der Waals surface area contributed by atoms with Crippen LogP contribution in [-0.2, 0) is 16.1 Å². The summed E-state index contributed by atoms with van der Waals surface area (Å²) in [5, 5.41) is 1.10. The molecule has 1 aliphatic heterocycles. The zero-order valence-electron chi connectivity index (χ0n) is 17.1. The number of nitrogens with zero attached hydrogens (tertiary/aromatic N) is 3. The molecule has 0 bridgehead atoms. The third-order valence-electron chi connectivity index (χ3n) is 4.83. The number of methoxy groups -OCH3 is 1. The maximum Gasteiger partial charge on any atom is 0.410 e. The number of aryl methyl sites for hydroxylation is 1. The van der Waals surface area contributed by atoms with Crippen LogP contribution in [0.1, 0.15) is 27.2 Å². The molecule has 0 atom stereocenters. The van der Waals surface area contributed by atoms with Crippen molar-refractivity contribution in [3.63, 3.8) is 0 Å². The smallest absolute Gasteiger partial charge is 0.410 e. The number of piperazine rings is 1. The third kappa shape index (κ3) is 4.77. The standard InChI is InChI=1S/C21H29N3O4/c1-21(2,3)28-20(26)24-13-11-23(12-14-24)19(25)8-10-22-9-7-16-15-17(27-4)5-6-18(16)22/h5-7,9,15H,8,10-14H2,1-4H3. The number of benzene rings is 1. The normalized spacial score (nSPS) is 15.0. The van der Waals surface area contributed by atoms with Crippen molar-refractivity contribution in [2.75, 3.05) is 33.3 Å². The number of amides is 2. The minimum absolute atomic E-state index is 0.110. The summed E-state index contributed by atoms with van der Waals surface area (Å²) >= 11 is 0. The van der Waals surface area contributed by atoms with E-state index in [0.717, 1.165) is 16.7 Å². The highest BCUT2D eigenvalue weighted by atomic mass is 16.6. The van der Waals surface area contributed by atoms with E-state index < -0.39 is 5.60 Å². The van der Waals surface area contributed by atoms with Crippen molar-refractivity contribution in [1.29, 1.82) is 0 Å². The van der Waals surface area contributed by atoms with Gasteiger partial charge in [0.15, 0.2) is 0 Å². The van der Waals surface area contributed by atoms with Gasteiger partial charge in [0.25, 0.3) is 0 Å². The molecule has 152 valence electrons. The van der Waals surface area contributed by atoms with E-state index in [1.807, 2.05) is 56.1 Å². The minimum Gasteiger partial charge on any atom is -0.497 e. The lowest BCUT2D eigenvalue weighted by atomic mass is 10.2. The summed E-state index contributed by atoms with van der Waals surface area (Å²) in [6.07, 6.45) is 2.12. The molecular weight excluding hydrogens is 358 g/mol. The van der Waals surface area contributed by atoms with Crippen LogP contribution in [-0.4, -0.2) is 65.3 Å². The lowest BCUT2D eigenvalue weighted by Crippen LogP contribution is -2.51.